The lowest BCUT2D eigenvalue weighted by Crippen LogP contribution is -2.17. The molecule has 0 amide bonds. The van der Waals surface area contributed by atoms with Crippen LogP contribution in [0.4, 0.5) is 5.69 Å². The summed E-state index contributed by atoms with van der Waals surface area (Å²) in [6.45, 7) is 7.41. The second kappa shape index (κ2) is 4.79. The van der Waals surface area contributed by atoms with E-state index >= 15 is 0 Å². The van der Waals surface area contributed by atoms with Crippen molar-refractivity contribution in [2.45, 2.75) is 20.8 Å². The van der Waals surface area contributed by atoms with Gasteiger partial charge in [-0.25, -0.2) is 5.10 Å². The van der Waals surface area contributed by atoms with Gasteiger partial charge in [0.25, 0.3) is 5.56 Å². The Morgan fingerprint density at radius 1 is 1.50 bits per heavy atom. The van der Waals surface area contributed by atoms with E-state index in [1.807, 2.05) is 0 Å². The van der Waals surface area contributed by atoms with Crippen LogP contribution < -0.4 is 10.9 Å². The molecule has 0 aliphatic carbocycles. The first-order chi connectivity index (χ1) is 6.59. The van der Waals surface area contributed by atoms with Crippen LogP contribution in [0.25, 0.3) is 0 Å². The van der Waals surface area contributed by atoms with Gasteiger partial charge in [0.2, 0.25) is 0 Å². The molecule has 1 aromatic heterocycles. The predicted molar refractivity (Wildman–Crippen MR) is 57.3 cm³/mol. The van der Waals surface area contributed by atoms with E-state index in [9.17, 15) is 4.79 Å². The van der Waals surface area contributed by atoms with Gasteiger partial charge in [0.1, 0.15) is 0 Å². The third-order valence-electron chi connectivity index (χ3n) is 2.43. The maximum absolute atomic E-state index is 10.9. The van der Waals surface area contributed by atoms with Crippen molar-refractivity contribution < 1.29 is 0 Å². The SMILES string of the molecule is CC(C)C(C)CNc1cn[nH]c(=O)c1. The lowest BCUT2D eigenvalue weighted by atomic mass is 9.98. The largest absolute Gasteiger partial charge is 0.383 e. The second-order valence-corrected chi connectivity index (χ2v) is 3.94. The fourth-order valence-corrected chi connectivity index (χ4v) is 0.987. The lowest BCUT2D eigenvalue weighted by molar-refractivity contribution is 0.439. The van der Waals surface area contributed by atoms with Crippen molar-refractivity contribution in [1.29, 1.82) is 0 Å². The molecule has 4 nitrogen and oxygen atoms in total. The fourth-order valence-electron chi connectivity index (χ4n) is 0.987. The Morgan fingerprint density at radius 3 is 2.79 bits per heavy atom. The molecule has 14 heavy (non-hydrogen) atoms. The van der Waals surface area contributed by atoms with Gasteiger partial charge in [-0.2, -0.15) is 5.10 Å². The van der Waals surface area contributed by atoms with E-state index in [0.29, 0.717) is 11.8 Å². The normalized spacial score (nSPS) is 12.9. The van der Waals surface area contributed by atoms with E-state index in [-0.39, 0.29) is 5.56 Å². The zero-order chi connectivity index (χ0) is 10.6. The molecule has 0 aliphatic heterocycles. The molecular weight excluding hydrogens is 178 g/mol. The molecule has 0 aromatic carbocycles. The van der Waals surface area contributed by atoms with E-state index in [1.54, 1.807) is 6.20 Å². The third kappa shape index (κ3) is 3.20. The van der Waals surface area contributed by atoms with Crippen LogP contribution in [0, 0.1) is 11.8 Å². The van der Waals surface area contributed by atoms with Crippen molar-refractivity contribution >= 4 is 5.69 Å². The molecule has 1 heterocycles. The smallest absolute Gasteiger partial charge is 0.266 e. The van der Waals surface area contributed by atoms with E-state index in [1.165, 1.54) is 6.07 Å². The molecule has 78 valence electrons. The molecule has 0 radical (unpaired) electrons. The molecule has 2 N–H and O–H groups in total. The Labute approximate surface area is 83.7 Å². The standard InChI is InChI=1S/C10H17N3O/c1-7(2)8(3)5-11-9-4-10(14)13-12-6-9/h4,6-8H,5H2,1-3H3,(H2,11,13,14). The highest BCUT2D eigenvalue weighted by Crippen LogP contribution is 2.10. The number of nitrogens with one attached hydrogen (secondary N) is 2. The summed E-state index contributed by atoms with van der Waals surface area (Å²) in [5, 5.41) is 9.23. The number of rotatable bonds is 4. The van der Waals surface area contributed by atoms with Gasteiger partial charge in [-0.05, 0) is 11.8 Å². The molecule has 1 rings (SSSR count). The van der Waals surface area contributed by atoms with E-state index in [4.69, 9.17) is 0 Å². The Balaban J connectivity index is 2.50. The number of aromatic amines is 1. The molecule has 0 spiro atoms. The minimum Gasteiger partial charge on any atom is -0.383 e. The van der Waals surface area contributed by atoms with E-state index < -0.39 is 0 Å². The summed E-state index contributed by atoms with van der Waals surface area (Å²) in [7, 11) is 0. The van der Waals surface area contributed by atoms with Gasteiger partial charge < -0.3 is 5.32 Å². The monoisotopic (exact) mass is 195 g/mol. The molecular formula is C10H17N3O. The van der Waals surface area contributed by atoms with Crippen LogP contribution in [-0.2, 0) is 0 Å². The zero-order valence-electron chi connectivity index (χ0n) is 8.87. The first-order valence-electron chi connectivity index (χ1n) is 4.88. The average Bonchev–Trinajstić information content (AvgIpc) is 2.14. The number of hydrogen-bond acceptors (Lipinski definition) is 3. The molecule has 1 aromatic rings. The molecule has 0 aliphatic rings. The van der Waals surface area contributed by atoms with Gasteiger partial charge >= 0.3 is 0 Å². The summed E-state index contributed by atoms with van der Waals surface area (Å²) in [5.41, 5.74) is 0.605. The van der Waals surface area contributed by atoms with Crippen LogP contribution in [0.5, 0.6) is 0 Å². The molecule has 4 heteroatoms. The van der Waals surface area contributed by atoms with Gasteiger partial charge in [-0.1, -0.05) is 20.8 Å². The molecule has 0 bridgehead atoms. The summed E-state index contributed by atoms with van der Waals surface area (Å²) >= 11 is 0. The summed E-state index contributed by atoms with van der Waals surface area (Å²) in [6, 6.07) is 1.51. The van der Waals surface area contributed by atoms with Gasteiger partial charge in [-0.15, -0.1) is 0 Å². The maximum Gasteiger partial charge on any atom is 0.266 e. The number of hydrogen-bond donors (Lipinski definition) is 2. The topological polar surface area (TPSA) is 57.8 Å². The summed E-state index contributed by atoms with van der Waals surface area (Å²) in [4.78, 5) is 10.9. The molecule has 0 saturated carbocycles. The van der Waals surface area contributed by atoms with Gasteiger partial charge in [-0.3, -0.25) is 4.79 Å². The zero-order valence-corrected chi connectivity index (χ0v) is 8.87. The molecule has 1 atom stereocenters. The average molecular weight is 195 g/mol. The molecule has 1 unspecified atom stereocenters. The van der Waals surface area contributed by atoms with Crippen molar-refractivity contribution in [1.82, 2.24) is 10.2 Å². The van der Waals surface area contributed by atoms with Crippen molar-refractivity contribution in [2.75, 3.05) is 11.9 Å². The minimum atomic E-state index is -0.174. The maximum atomic E-state index is 10.9. The van der Waals surface area contributed by atoms with Gasteiger partial charge in [0.15, 0.2) is 0 Å². The number of anilines is 1. The van der Waals surface area contributed by atoms with Crippen molar-refractivity contribution in [2.24, 2.45) is 11.8 Å². The van der Waals surface area contributed by atoms with Crippen LogP contribution in [0.1, 0.15) is 20.8 Å². The Hall–Kier alpha value is -1.32. The summed E-state index contributed by atoms with van der Waals surface area (Å²) in [6.07, 6.45) is 1.62. The van der Waals surface area contributed by atoms with Crippen LogP contribution >= 0.6 is 0 Å². The molecule has 0 fully saturated rings. The number of nitrogens with zero attached hydrogens (tertiary/aromatic N) is 1. The van der Waals surface area contributed by atoms with Crippen LogP contribution in [0.15, 0.2) is 17.1 Å². The number of H-pyrrole nitrogens is 1. The van der Waals surface area contributed by atoms with Crippen LogP contribution in [0.3, 0.4) is 0 Å². The van der Waals surface area contributed by atoms with Gasteiger partial charge in [0.05, 0.1) is 11.9 Å². The van der Waals surface area contributed by atoms with Gasteiger partial charge in [0, 0.05) is 12.6 Å². The second-order valence-electron chi connectivity index (χ2n) is 3.94. The Morgan fingerprint density at radius 2 is 2.21 bits per heavy atom. The molecule has 0 saturated heterocycles. The Kier molecular flexibility index (Phi) is 3.68. The van der Waals surface area contributed by atoms with Crippen LogP contribution in [0.2, 0.25) is 0 Å². The van der Waals surface area contributed by atoms with Crippen molar-refractivity contribution in [3.05, 3.63) is 22.6 Å². The lowest BCUT2D eigenvalue weighted by Gasteiger charge is -2.16. The highest BCUT2D eigenvalue weighted by Gasteiger charge is 2.06. The summed E-state index contributed by atoms with van der Waals surface area (Å²) < 4.78 is 0. The predicted octanol–water partition coefficient (Wildman–Crippen LogP) is 1.47. The van der Waals surface area contributed by atoms with Crippen molar-refractivity contribution in [3.8, 4) is 0 Å². The van der Waals surface area contributed by atoms with Crippen LogP contribution in [-0.4, -0.2) is 16.7 Å². The Bertz CT molecular complexity index is 332. The quantitative estimate of drug-likeness (QED) is 0.765. The highest BCUT2D eigenvalue weighted by molar-refractivity contribution is 5.38. The first-order valence-corrected chi connectivity index (χ1v) is 4.88. The summed E-state index contributed by atoms with van der Waals surface area (Å²) in [5.74, 6) is 1.21. The fraction of sp³-hybridized carbons (Fsp3) is 0.600. The van der Waals surface area contributed by atoms with E-state index in [2.05, 4.69) is 36.3 Å². The highest BCUT2D eigenvalue weighted by atomic mass is 16.1. The van der Waals surface area contributed by atoms with E-state index in [0.717, 1.165) is 12.2 Å². The number of aromatic nitrogens is 2. The third-order valence-corrected chi connectivity index (χ3v) is 2.43. The first kappa shape index (κ1) is 10.8. The minimum absolute atomic E-state index is 0.174. The van der Waals surface area contributed by atoms with Crippen molar-refractivity contribution in [3.63, 3.8) is 0 Å².